The molecule has 10 aromatic carbocycles. The molecule has 0 radical (unpaired) electrons. The molecule has 7 heteroatoms. The van der Waals surface area contributed by atoms with Crippen LogP contribution in [0.1, 0.15) is 61.2 Å². The lowest BCUT2D eigenvalue weighted by Gasteiger charge is -2.20. The molecule has 0 aliphatic carbocycles. The first-order chi connectivity index (χ1) is 37.5. The third kappa shape index (κ3) is 8.31. The highest BCUT2D eigenvalue weighted by molar-refractivity contribution is 6.14. The molecule has 378 valence electrons. The first-order valence-electron chi connectivity index (χ1n) is 26.2. The predicted octanol–water partition coefficient (Wildman–Crippen LogP) is 19.4. The lowest BCUT2D eigenvalue weighted by Crippen LogP contribution is -2.07. The Labute approximate surface area is 452 Å². The zero-order valence-corrected chi connectivity index (χ0v) is 44.7. The maximum atomic E-state index is 14.5. The summed E-state index contributed by atoms with van der Waals surface area (Å²) in [6.07, 6.45) is -4.69. The van der Waals surface area contributed by atoms with Crippen LogP contribution in [0.4, 0.5) is 13.2 Å². The number of nitriles is 2. The summed E-state index contributed by atoms with van der Waals surface area (Å²) in [4.78, 5) is 0. The molecule has 0 bridgehead atoms. The SMILES string of the molecule is Cc1ccc(-c2ccc3c(c2)c2cc(-c4ccc(C)cc4C)ccc2n3-c2cc(-c3ccc(C(F)(F)F)cc3C#N)c(-n3c4ccc(-c5ccc(C)cc5C)cc4c4cc(-c5ccc(C)cc5C)ccc43)cc2C#N)c(C)c1. The molecule has 2 heterocycles. The Morgan fingerprint density at radius 1 is 0.321 bits per heavy atom. The second-order valence-corrected chi connectivity index (χ2v) is 21.2. The summed E-state index contributed by atoms with van der Waals surface area (Å²) >= 11 is 0. The van der Waals surface area contributed by atoms with Gasteiger partial charge in [-0.25, -0.2) is 0 Å². The van der Waals surface area contributed by atoms with Crippen molar-refractivity contribution in [3.63, 3.8) is 0 Å². The number of aromatic nitrogens is 2. The van der Waals surface area contributed by atoms with E-state index < -0.39 is 11.7 Å². The number of fused-ring (bicyclic) bond motifs is 6. The summed E-state index contributed by atoms with van der Waals surface area (Å²) in [6, 6.07) is 63.4. The van der Waals surface area contributed by atoms with Crippen molar-refractivity contribution in [2.75, 3.05) is 0 Å². The number of benzene rings is 10. The zero-order chi connectivity index (χ0) is 54.5. The molecule has 0 N–H and O–H groups in total. The van der Waals surface area contributed by atoms with Crippen molar-refractivity contribution in [1.82, 2.24) is 9.13 Å². The Kier molecular flexibility index (Phi) is 11.8. The van der Waals surface area contributed by atoms with E-state index in [9.17, 15) is 23.7 Å². The van der Waals surface area contributed by atoms with Gasteiger partial charge in [0, 0.05) is 32.7 Å². The van der Waals surface area contributed by atoms with Gasteiger partial charge in [0.05, 0.1) is 56.2 Å². The summed E-state index contributed by atoms with van der Waals surface area (Å²) in [7, 11) is 0. The van der Waals surface area contributed by atoms with Gasteiger partial charge in [-0.15, -0.1) is 0 Å². The van der Waals surface area contributed by atoms with Crippen LogP contribution in [0.2, 0.25) is 0 Å². The number of aryl methyl sites for hydroxylation is 8. The Balaban J connectivity index is 1.18. The van der Waals surface area contributed by atoms with Gasteiger partial charge in [-0.05, 0) is 195 Å². The van der Waals surface area contributed by atoms with Crippen molar-refractivity contribution < 1.29 is 13.2 Å². The first kappa shape index (κ1) is 49.4. The van der Waals surface area contributed by atoms with E-state index in [-0.39, 0.29) is 5.56 Å². The minimum Gasteiger partial charge on any atom is -0.309 e. The van der Waals surface area contributed by atoms with Gasteiger partial charge in [0.1, 0.15) is 6.07 Å². The molecular formula is C71H53F3N4. The molecule has 0 spiro atoms. The van der Waals surface area contributed by atoms with E-state index in [0.717, 1.165) is 123 Å². The topological polar surface area (TPSA) is 57.4 Å². The van der Waals surface area contributed by atoms with Crippen LogP contribution in [0.25, 0.3) is 111 Å². The highest BCUT2D eigenvalue weighted by Gasteiger charge is 2.32. The number of rotatable bonds is 7. The van der Waals surface area contributed by atoms with Gasteiger partial charge in [0.2, 0.25) is 0 Å². The van der Waals surface area contributed by atoms with E-state index in [1.807, 2.05) is 12.1 Å². The second-order valence-electron chi connectivity index (χ2n) is 21.2. The van der Waals surface area contributed by atoms with Crippen LogP contribution >= 0.6 is 0 Å². The van der Waals surface area contributed by atoms with Crippen LogP contribution in [0.15, 0.2) is 176 Å². The summed E-state index contributed by atoms with van der Waals surface area (Å²) < 4.78 is 47.8. The molecular weight excluding hydrogens is 966 g/mol. The molecule has 4 nitrogen and oxygen atoms in total. The quantitative estimate of drug-likeness (QED) is 0.160. The fraction of sp³-hybridized carbons (Fsp3) is 0.127. The van der Waals surface area contributed by atoms with E-state index >= 15 is 0 Å². The van der Waals surface area contributed by atoms with Crippen molar-refractivity contribution >= 4 is 43.6 Å². The summed E-state index contributed by atoms with van der Waals surface area (Å²) in [5.41, 5.74) is 22.3. The summed E-state index contributed by atoms with van der Waals surface area (Å²) in [5.74, 6) is 0. The van der Waals surface area contributed by atoms with Crippen LogP contribution in [-0.4, -0.2) is 9.13 Å². The van der Waals surface area contributed by atoms with Crippen LogP contribution in [0.3, 0.4) is 0 Å². The maximum Gasteiger partial charge on any atom is 0.416 e. The van der Waals surface area contributed by atoms with Gasteiger partial charge in [-0.1, -0.05) is 125 Å². The van der Waals surface area contributed by atoms with Crippen molar-refractivity contribution in [1.29, 1.82) is 10.5 Å². The van der Waals surface area contributed by atoms with Gasteiger partial charge < -0.3 is 9.13 Å². The molecule has 0 aliphatic heterocycles. The molecule has 0 fully saturated rings. The molecule has 0 atom stereocenters. The fourth-order valence-electron chi connectivity index (χ4n) is 12.1. The highest BCUT2D eigenvalue weighted by Crippen LogP contribution is 2.46. The van der Waals surface area contributed by atoms with Crippen LogP contribution in [0, 0.1) is 78.1 Å². The Hall–Kier alpha value is -9.43. The van der Waals surface area contributed by atoms with Crippen molar-refractivity contribution in [2.24, 2.45) is 0 Å². The summed E-state index contributed by atoms with van der Waals surface area (Å²) in [5, 5.41) is 26.3. The van der Waals surface area contributed by atoms with Gasteiger partial charge in [0.15, 0.2) is 0 Å². The number of hydrogen-bond donors (Lipinski definition) is 0. The number of alkyl halides is 3. The second kappa shape index (κ2) is 18.7. The highest BCUT2D eigenvalue weighted by atomic mass is 19.4. The standard InChI is InChI=1S/C71H53F3N4/c1-40-9-18-55(44(5)27-40)48-13-23-65-60(32-48)61-33-49(56-19-10-41(2)28-45(56)6)14-24-66(61)77(65)69-37-64(59-22-17-54(71(72,73)74)31-52(59)38-75)70(36-53(69)39-76)78-67-25-15-50(57-20-11-42(3)29-46(57)7)34-62(67)63-35-51(16-26-68(63)78)58-21-12-43(4)30-47(58)8/h9-37H,1-8H3. The fourth-order valence-corrected chi connectivity index (χ4v) is 12.1. The van der Waals surface area contributed by atoms with E-state index in [0.29, 0.717) is 28.1 Å². The molecule has 0 unspecified atom stereocenters. The molecule has 78 heavy (non-hydrogen) atoms. The number of hydrogen-bond acceptors (Lipinski definition) is 2. The lowest BCUT2D eigenvalue weighted by molar-refractivity contribution is -0.137. The predicted molar refractivity (Wildman–Crippen MR) is 315 cm³/mol. The average molecular weight is 1020 g/mol. The van der Waals surface area contributed by atoms with Gasteiger partial charge in [-0.3, -0.25) is 0 Å². The molecule has 0 saturated heterocycles. The minimum atomic E-state index is -4.69. The smallest absolute Gasteiger partial charge is 0.309 e. The molecule has 0 saturated carbocycles. The van der Waals surface area contributed by atoms with Crippen molar-refractivity contribution in [3.05, 3.63) is 237 Å². The molecule has 0 amide bonds. The van der Waals surface area contributed by atoms with E-state index in [1.54, 1.807) is 0 Å². The third-order valence-electron chi connectivity index (χ3n) is 15.8. The minimum absolute atomic E-state index is 0.143. The maximum absolute atomic E-state index is 14.5. The van der Waals surface area contributed by atoms with Gasteiger partial charge >= 0.3 is 6.18 Å². The van der Waals surface area contributed by atoms with Crippen LogP contribution < -0.4 is 0 Å². The molecule has 2 aromatic heterocycles. The largest absolute Gasteiger partial charge is 0.416 e. The Morgan fingerprint density at radius 2 is 0.654 bits per heavy atom. The monoisotopic (exact) mass is 1020 g/mol. The molecule has 12 rings (SSSR count). The van der Waals surface area contributed by atoms with Crippen LogP contribution in [-0.2, 0) is 6.18 Å². The normalized spacial score (nSPS) is 11.8. The lowest BCUT2D eigenvalue weighted by atomic mass is 9.94. The van der Waals surface area contributed by atoms with Crippen molar-refractivity contribution in [3.8, 4) is 79.1 Å². The molecule has 12 aromatic rings. The Bertz CT molecular complexity index is 4390. The van der Waals surface area contributed by atoms with Crippen LogP contribution in [0.5, 0.6) is 0 Å². The molecule has 0 aliphatic rings. The third-order valence-corrected chi connectivity index (χ3v) is 15.8. The Morgan fingerprint density at radius 3 is 0.974 bits per heavy atom. The number of nitrogens with zero attached hydrogens (tertiary/aromatic N) is 4. The van der Waals surface area contributed by atoms with E-state index in [2.05, 4.69) is 222 Å². The number of halogens is 3. The average Bonchev–Trinajstić information content (AvgIpc) is 4.11. The summed E-state index contributed by atoms with van der Waals surface area (Å²) in [6.45, 7) is 16.8. The van der Waals surface area contributed by atoms with E-state index in [4.69, 9.17) is 0 Å². The van der Waals surface area contributed by atoms with Gasteiger partial charge in [-0.2, -0.15) is 23.7 Å². The van der Waals surface area contributed by atoms with Gasteiger partial charge in [0.25, 0.3) is 0 Å². The zero-order valence-electron chi connectivity index (χ0n) is 44.7. The first-order valence-corrected chi connectivity index (χ1v) is 26.2. The van der Waals surface area contributed by atoms with Crippen molar-refractivity contribution in [2.45, 2.75) is 61.6 Å². The van der Waals surface area contributed by atoms with E-state index in [1.165, 1.54) is 28.3 Å².